The normalized spacial score (nSPS) is 14.2. The standard InChI is InChI=1S/C11H10BrN3OS/c12-9-3-2-8(17-9)10-7(6-16)15-5-1-4-13-11(15)14-10/h2-3,6H,1,4-5H2,(H,13,14). The van der Waals surface area contributed by atoms with Crippen molar-refractivity contribution >= 4 is 39.5 Å². The van der Waals surface area contributed by atoms with Crippen molar-refractivity contribution in [2.24, 2.45) is 0 Å². The second-order valence-electron chi connectivity index (χ2n) is 3.82. The molecule has 0 aliphatic carbocycles. The van der Waals surface area contributed by atoms with Crippen molar-refractivity contribution in [2.75, 3.05) is 11.9 Å². The van der Waals surface area contributed by atoms with Gasteiger partial charge in [-0.25, -0.2) is 4.98 Å². The number of imidazole rings is 1. The molecule has 0 aromatic carbocycles. The number of aromatic nitrogens is 2. The third kappa shape index (κ3) is 1.81. The van der Waals surface area contributed by atoms with Crippen molar-refractivity contribution in [1.82, 2.24) is 9.55 Å². The molecule has 1 aliphatic rings. The molecular weight excluding hydrogens is 302 g/mol. The number of carbonyl (C=O) groups excluding carboxylic acids is 1. The van der Waals surface area contributed by atoms with Gasteiger partial charge in [0.2, 0.25) is 5.95 Å². The third-order valence-electron chi connectivity index (χ3n) is 2.77. The van der Waals surface area contributed by atoms with E-state index in [-0.39, 0.29) is 0 Å². The van der Waals surface area contributed by atoms with Crippen LogP contribution in [0.2, 0.25) is 0 Å². The summed E-state index contributed by atoms with van der Waals surface area (Å²) in [5.74, 6) is 0.804. The molecule has 0 spiro atoms. The van der Waals surface area contributed by atoms with Crippen molar-refractivity contribution in [1.29, 1.82) is 0 Å². The van der Waals surface area contributed by atoms with Crippen LogP contribution in [-0.4, -0.2) is 22.4 Å². The van der Waals surface area contributed by atoms with Gasteiger partial charge in [0.25, 0.3) is 0 Å². The highest BCUT2D eigenvalue weighted by atomic mass is 79.9. The highest BCUT2D eigenvalue weighted by Crippen LogP contribution is 2.34. The van der Waals surface area contributed by atoms with Crippen LogP contribution in [-0.2, 0) is 6.54 Å². The smallest absolute Gasteiger partial charge is 0.204 e. The quantitative estimate of drug-likeness (QED) is 0.867. The number of rotatable bonds is 2. The molecule has 0 saturated carbocycles. The Balaban J connectivity index is 2.16. The summed E-state index contributed by atoms with van der Waals surface area (Å²) in [5, 5.41) is 3.22. The summed E-state index contributed by atoms with van der Waals surface area (Å²) in [7, 11) is 0. The van der Waals surface area contributed by atoms with Crippen LogP contribution in [0.1, 0.15) is 16.9 Å². The number of aldehydes is 1. The molecule has 4 nitrogen and oxygen atoms in total. The van der Waals surface area contributed by atoms with Gasteiger partial charge in [-0.1, -0.05) is 0 Å². The lowest BCUT2D eigenvalue weighted by atomic mass is 10.3. The lowest BCUT2D eigenvalue weighted by molar-refractivity contribution is 0.111. The number of nitrogens with one attached hydrogen (secondary N) is 1. The third-order valence-corrected chi connectivity index (χ3v) is 4.40. The van der Waals surface area contributed by atoms with Gasteiger partial charge in [0.1, 0.15) is 11.4 Å². The fraction of sp³-hybridized carbons (Fsp3) is 0.273. The van der Waals surface area contributed by atoms with Crippen LogP contribution >= 0.6 is 27.3 Å². The van der Waals surface area contributed by atoms with Gasteiger partial charge >= 0.3 is 0 Å². The minimum absolute atomic E-state index is 0.668. The molecule has 0 atom stereocenters. The zero-order chi connectivity index (χ0) is 11.8. The van der Waals surface area contributed by atoms with E-state index in [9.17, 15) is 4.79 Å². The molecule has 0 amide bonds. The SMILES string of the molecule is O=Cc1c(-c2ccc(Br)s2)nc2n1CCCN2. The highest BCUT2D eigenvalue weighted by molar-refractivity contribution is 9.11. The van der Waals surface area contributed by atoms with E-state index in [1.54, 1.807) is 11.3 Å². The van der Waals surface area contributed by atoms with E-state index in [0.29, 0.717) is 5.69 Å². The second kappa shape index (κ2) is 4.27. The predicted molar refractivity (Wildman–Crippen MR) is 71.7 cm³/mol. The van der Waals surface area contributed by atoms with Crippen LogP contribution in [0.4, 0.5) is 5.95 Å². The summed E-state index contributed by atoms with van der Waals surface area (Å²) >= 11 is 5.02. The largest absolute Gasteiger partial charge is 0.356 e. The van der Waals surface area contributed by atoms with Gasteiger partial charge in [0.15, 0.2) is 6.29 Å². The Morgan fingerprint density at radius 2 is 2.41 bits per heavy atom. The molecule has 0 unspecified atom stereocenters. The minimum atomic E-state index is 0.668. The summed E-state index contributed by atoms with van der Waals surface area (Å²) < 4.78 is 3.00. The molecule has 17 heavy (non-hydrogen) atoms. The first-order valence-electron chi connectivity index (χ1n) is 5.35. The molecule has 0 fully saturated rings. The van der Waals surface area contributed by atoms with Crippen molar-refractivity contribution in [3.05, 3.63) is 21.6 Å². The first kappa shape index (κ1) is 11.0. The predicted octanol–water partition coefficient (Wildman–Crippen LogP) is 3.00. The van der Waals surface area contributed by atoms with Crippen LogP contribution in [0.5, 0.6) is 0 Å². The van der Waals surface area contributed by atoms with Gasteiger partial charge in [0.05, 0.1) is 8.66 Å². The summed E-state index contributed by atoms with van der Waals surface area (Å²) in [6, 6.07) is 3.95. The first-order chi connectivity index (χ1) is 8.29. The molecular formula is C11H10BrN3OS. The van der Waals surface area contributed by atoms with Gasteiger partial charge < -0.3 is 9.88 Å². The molecule has 2 aromatic rings. The van der Waals surface area contributed by atoms with E-state index in [1.807, 2.05) is 16.7 Å². The Kier molecular flexibility index (Phi) is 2.76. The first-order valence-corrected chi connectivity index (χ1v) is 6.96. The number of hydrogen-bond acceptors (Lipinski definition) is 4. The van der Waals surface area contributed by atoms with Crippen LogP contribution < -0.4 is 5.32 Å². The van der Waals surface area contributed by atoms with Crippen molar-refractivity contribution in [3.8, 4) is 10.6 Å². The zero-order valence-corrected chi connectivity index (χ0v) is 11.3. The summed E-state index contributed by atoms with van der Waals surface area (Å²) in [4.78, 5) is 16.8. The van der Waals surface area contributed by atoms with Crippen LogP contribution in [0.25, 0.3) is 10.6 Å². The average Bonchev–Trinajstić information content (AvgIpc) is 2.91. The Hall–Kier alpha value is -1.14. The zero-order valence-electron chi connectivity index (χ0n) is 8.94. The summed E-state index contributed by atoms with van der Waals surface area (Å²) in [6.45, 7) is 1.78. The van der Waals surface area contributed by atoms with Crippen molar-refractivity contribution in [3.63, 3.8) is 0 Å². The fourth-order valence-corrected chi connectivity index (χ4v) is 3.39. The number of anilines is 1. The second-order valence-corrected chi connectivity index (χ2v) is 6.29. The number of hydrogen-bond donors (Lipinski definition) is 1. The molecule has 0 saturated heterocycles. The van der Waals surface area contributed by atoms with E-state index >= 15 is 0 Å². The van der Waals surface area contributed by atoms with Crippen LogP contribution in [0.15, 0.2) is 15.9 Å². The fourth-order valence-electron chi connectivity index (χ4n) is 2.01. The molecule has 3 heterocycles. The summed E-state index contributed by atoms with van der Waals surface area (Å²) in [6.07, 6.45) is 1.92. The number of halogens is 1. The molecule has 0 bridgehead atoms. The van der Waals surface area contributed by atoms with E-state index in [4.69, 9.17) is 0 Å². The summed E-state index contributed by atoms with van der Waals surface area (Å²) in [5.41, 5.74) is 1.45. The highest BCUT2D eigenvalue weighted by Gasteiger charge is 2.20. The maximum Gasteiger partial charge on any atom is 0.204 e. The molecule has 0 radical (unpaired) electrons. The van der Waals surface area contributed by atoms with E-state index in [0.717, 1.165) is 46.1 Å². The molecule has 88 valence electrons. The van der Waals surface area contributed by atoms with Gasteiger partial charge in [0, 0.05) is 13.1 Å². The Morgan fingerprint density at radius 1 is 1.53 bits per heavy atom. The van der Waals surface area contributed by atoms with Gasteiger partial charge in [-0.2, -0.15) is 0 Å². The Bertz CT molecular complexity index is 575. The minimum Gasteiger partial charge on any atom is -0.356 e. The van der Waals surface area contributed by atoms with Crippen LogP contribution in [0.3, 0.4) is 0 Å². The monoisotopic (exact) mass is 311 g/mol. The average molecular weight is 312 g/mol. The number of thiophene rings is 1. The maximum absolute atomic E-state index is 11.2. The Labute approximate surface area is 111 Å². The van der Waals surface area contributed by atoms with Crippen molar-refractivity contribution in [2.45, 2.75) is 13.0 Å². The van der Waals surface area contributed by atoms with Gasteiger partial charge in [-0.05, 0) is 34.5 Å². The van der Waals surface area contributed by atoms with Crippen molar-refractivity contribution < 1.29 is 4.79 Å². The molecule has 3 rings (SSSR count). The lowest BCUT2D eigenvalue weighted by Crippen LogP contribution is -2.18. The number of nitrogens with zero attached hydrogens (tertiary/aromatic N) is 2. The number of fused-ring (bicyclic) bond motifs is 1. The van der Waals surface area contributed by atoms with E-state index in [1.165, 1.54) is 0 Å². The van der Waals surface area contributed by atoms with E-state index < -0.39 is 0 Å². The Morgan fingerprint density at radius 3 is 3.12 bits per heavy atom. The molecule has 6 heteroatoms. The lowest BCUT2D eigenvalue weighted by Gasteiger charge is -2.15. The number of carbonyl (C=O) groups is 1. The molecule has 2 aromatic heterocycles. The van der Waals surface area contributed by atoms with Gasteiger partial charge in [-0.15, -0.1) is 11.3 Å². The van der Waals surface area contributed by atoms with Crippen LogP contribution in [0, 0.1) is 0 Å². The van der Waals surface area contributed by atoms with Gasteiger partial charge in [-0.3, -0.25) is 4.79 Å². The molecule has 1 aliphatic heterocycles. The maximum atomic E-state index is 11.2. The van der Waals surface area contributed by atoms with E-state index in [2.05, 4.69) is 26.2 Å². The molecule has 1 N–H and O–H groups in total. The topological polar surface area (TPSA) is 46.9 Å².